The first-order valence-electron chi connectivity index (χ1n) is 8.36. The number of sulfonamides is 1. The summed E-state index contributed by atoms with van der Waals surface area (Å²) < 4.78 is 38.8. The second kappa shape index (κ2) is 7.51. The van der Waals surface area contributed by atoms with Gasteiger partial charge in [0.1, 0.15) is 5.82 Å². The van der Waals surface area contributed by atoms with Crippen molar-refractivity contribution in [2.75, 3.05) is 37.7 Å². The third kappa shape index (κ3) is 4.09. The van der Waals surface area contributed by atoms with E-state index < -0.39 is 10.0 Å². The van der Waals surface area contributed by atoms with Crippen molar-refractivity contribution >= 4 is 27.8 Å². The highest BCUT2D eigenvalue weighted by Crippen LogP contribution is 2.36. The van der Waals surface area contributed by atoms with Gasteiger partial charge < -0.3 is 10.2 Å². The van der Waals surface area contributed by atoms with Crippen molar-refractivity contribution in [3.8, 4) is 0 Å². The Labute approximate surface area is 151 Å². The minimum atomic E-state index is -3.21. The number of nitrogens with one attached hydrogen (secondary N) is 1. The van der Waals surface area contributed by atoms with E-state index in [0.717, 1.165) is 22.6 Å². The smallest absolute Gasteiger partial charge is 0.317 e. The maximum atomic E-state index is 13.6. The van der Waals surface area contributed by atoms with Crippen molar-refractivity contribution in [2.24, 2.45) is 0 Å². The summed E-state index contributed by atoms with van der Waals surface area (Å²) in [6, 6.07) is 4.24. The minimum Gasteiger partial charge on any atom is -0.331 e. The van der Waals surface area contributed by atoms with Crippen LogP contribution in [0.25, 0.3) is 0 Å². The fraction of sp³-hybridized carbons (Fsp3) is 0.562. The topological polar surface area (TPSA) is 69.7 Å². The first-order chi connectivity index (χ1) is 11.9. The molecule has 3 rings (SSSR count). The fourth-order valence-electron chi connectivity index (χ4n) is 3.11. The van der Waals surface area contributed by atoms with Crippen LogP contribution in [0.5, 0.6) is 0 Å². The first kappa shape index (κ1) is 18.5. The predicted molar refractivity (Wildman–Crippen MR) is 95.6 cm³/mol. The summed E-state index contributed by atoms with van der Waals surface area (Å²) >= 11 is 1.66. The van der Waals surface area contributed by atoms with Crippen LogP contribution in [0, 0.1) is 5.82 Å². The van der Waals surface area contributed by atoms with E-state index in [1.807, 2.05) is 0 Å². The Kier molecular flexibility index (Phi) is 5.55. The number of hydrogen-bond acceptors (Lipinski definition) is 4. The van der Waals surface area contributed by atoms with E-state index in [0.29, 0.717) is 26.2 Å². The van der Waals surface area contributed by atoms with Gasteiger partial charge in [-0.15, -0.1) is 11.8 Å². The molecule has 6 nitrogen and oxygen atoms in total. The summed E-state index contributed by atoms with van der Waals surface area (Å²) in [5.41, 5.74) is 0.816. The van der Waals surface area contributed by atoms with Gasteiger partial charge in [-0.25, -0.2) is 17.6 Å². The van der Waals surface area contributed by atoms with Crippen LogP contribution in [0.1, 0.15) is 24.9 Å². The van der Waals surface area contributed by atoms with E-state index in [4.69, 9.17) is 0 Å². The fourth-order valence-corrected chi connectivity index (χ4v) is 5.30. The van der Waals surface area contributed by atoms with E-state index in [9.17, 15) is 17.6 Å². The molecule has 1 fully saturated rings. The number of benzene rings is 1. The van der Waals surface area contributed by atoms with Crippen LogP contribution in [0.4, 0.5) is 9.18 Å². The molecule has 0 aromatic heterocycles. The summed E-state index contributed by atoms with van der Waals surface area (Å²) in [6.07, 6.45) is 0.747. The molecule has 1 unspecified atom stereocenters. The lowest BCUT2D eigenvalue weighted by atomic mass is 10.0. The molecule has 9 heteroatoms. The molecular weight excluding hydrogens is 365 g/mol. The molecule has 2 amide bonds. The van der Waals surface area contributed by atoms with Crippen LogP contribution in [0.3, 0.4) is 0 Å². The number of hydrogen-bond donors (Lipinski definition) is 1. The molecule has 1 saturated heterocycles. The molecule has 25 heavy (non-hydrogen) atoms. The Morgan fingerprint density at radius 3 is 2.72 bits per heavy atom. The lowest BCUT2D eigenvalue weighted by Gasteiger charge is -2.35. The van der Waals surface area contributed by atoms with Crippen molar-refractivity contribution in [1.82, 2.24) is 14.5 Å². The molecule has 0 aliphatic carbocycles. The van der Waals surface area contributed by atoms with Crippen LogP contribution >= 0.6 is 11.8 Å². The van der Waals surface area contributed by atoms with Crippen molar-refractivity contribution < 1.29 is 17.6 Å². The molecule has 1 atom stereocenters. The standard InChI is InChI=1S/C16H22FN3O3S2/c1-2-25(22,23)20-8-6-19(7-9-20)16(21)18-14-5-10-24-15-4-3-12(17)11-13(14)15/h3-4,11,14H,2,5-10H2,1H3,(H,18,21). The van der Waals surface area contributed by atoms with Crippen LogP contribution < -0.4 is 5.32 Å². The highest BCUT2D eigenvalue weighted by atomic mass is 32.2. The van der Waals surface area contributed by atoms with Gasteiger partial charge in [0.2, 0.25) is 10.0 Å². The average Bonchev–Trinajstić information content (AvgIpc) is 2.62. The van der Waals surface area contributed by atoms with Gasteiger partial charge in [0.25, 0.3) is 0 Å². The maximum Gasteiger partial charge on any atom is 0.317 e. The second-order valence-corrected chi connectivity index (χ2v) is 9.50. The molecular formula is C16H22FN3O3S2. The zero-order valence-corrected chi connectivity index (χ0v) is 15.7. The number of carbonyl (C=O) groups excluding carboxylic acids is 1. The van der Waals surface area contributed by atoms with E-state index in [1.165, 1.54) is 16.4 Å². The van der Waals surface area contributed by atoms with Gasteiger partial charge in [-0.3, -0.25) is 0 Å². The molecule has 138 valence electrons. The first-order valence-corrected chi connectivity index (χ1v) is 11.0. The predicted octanol–water partition coefficient (Wildman–Crippen LogP) is 2.04. The van der Waals surface area contributed by atoms with Crippen LogP contribution in [-0.4, -0.2) is 61.3 Å². The Hall–Kier alpha value is -1.32. The molecule has 2 aliphatic rings. The van der Waals surface area contributed by atoms with Gasteiger partial charge in [0.15, 0.2) is 0 Å². The van der Waals surface area contributed by atoms with Crippen LogP contribution in [0.15, 0.2) is 23.1 Å². The summed E-state index contributed by atoms with van der Waals surface area (Å²) in [6.45, 7) is 2.97. The summed E-state index contributed by atoms with van der Waals surface area (Å²) in [4.78, 5) is 15.2. The van der Waals surface area contributed by atoms with Crippen molar-refractivity contribution in [3.63, 3.8) is 0 Å². The largest absolute Gasteiger partial charge is 0.331 e. The van der Waals surface area contributed by atoms with Crippen molar-refractivity contribution in [1.29, 1.82) is 0 Å². The lowest BCUT2D eigenvalue weighted by Crippen LogP contribution is -2.53. The molecule has 0 saturated carbocycles. The molecule has 0 radical (unpaired) electrons. The quantitative estimate of drug-likeness (QED) is 0.862. The minimum absolute atomic E-state index is 0.0707. The van der Waals surface area contributed by atoms with Gasteiger partial charge in [-0.05, 0) is 37.1 Å². The molecule has 1 aromatic rings. The molecule has 2 heterocycles. The van der Waals surface area contributed by atoms with Crippen molar-refractivity contribution in [3.05, 3.63) is 29.6 Å². The Morgan fingerprint density at radius 1 is 1.32 bits per heavy atom. The summed E-state index contributed by atoms with van der Waals surface area (Å²) in [7, 11) is -3.21. The molecule has 1 aromatic carbocycles. The molecule has 0 spiro atoms. The van der Waals surface area contributed by atoms with Crippen LogP contribution in [-0.2, 0) is 10.0 Å². The monoisotopic (exact) mass is 387 g/mol. The number of fused-ring (bicyclic) bond motifs is 1. The highest BCUT2D eigenvalue weighted by Gasteiger charge is 2.30. The Morgan fingerprint density at radius 2 is 2.04 bits per heavy atom. The van der Waals surface area contributed by atoms with Gasteiger partial charge in [0.05, 0.1) is 11.8 Å². The number of piperazine rings is 1. The molecule has 0 bridgehead atoms. The van der Waals surface area contributed by atoms with E-state index in [2.05, 4.69) is 5.32 Å². The summed E-state index contributed by atoms with van der Waals surface area (Å²) in [5.74, 6) is 0.631. The molecule has 1 N–H and O–H groups in total. The van der Waals surface area contributed by atoms with Gasteiger partial charge in [-0.2, -0.15) is 4.31 Å². The number of amides is 2. The normalized spacial score (nSPS) is 21.7. The van der Waals surface area contributed by atoms with E-state index >= 15 is 0 Å². The number of rotatable bonds is 3. The number of halogens is 1. The number of thioether (sulfide) groups is 1. The van der Waals surface area contributed by atoms with Gasteiger partial charge in [-0.1, -0.05) is 0 Å². The SMILES string of the molecule is CCS(=O)(=O)N1CCN(C(=O)NC2CCSc3ccc(F)cc32)CC1. The third-order valence-corrected chi connectivity index (χ3v) is 7.60. The van der Waals surface area contributed by atoms with Gasteiger partial charge >= 0.3 is 6.03 Å². The lowest BCUT2D eigenvalue weighted by molar-refractivity contribution is 0.168. The third-order valence-electron chi connectivity index (χ3n) is 4.59. The number of carbonyl (C=O) groups is 1. The zero-order valence-electron chi connectivity index (χ0n) is 14.1. The van der Waals surface area contributed by atoms with Crippen LogP contribution in [0.2, 0.25) is 0 Å². The molecule has 2 aliphatic heterocycles. The zero-order chi connectivity index (χ0) is 18.0. The van der Waals surface area contributed by atoms with E-state index in [-0.39, 0.29) is 23.6 Å². The second-order valence-electron chi connectivity index (χ2n) is 6.11. The van der Waals surface area contributed by atoms with E-state index in [1.54, 1.807) is 29.7 Å². The average molecular weight is 388 g/mol. The Bertz CT molecular complexity index is 749. The highest BCUT2D eigenvalue weighted by molar-refractivity contribution is 7.99. The Balaban J connectivity index is 1.62. The van der Waals surface area contributed by atoms with Gasteiger partial charge in [0, 0.05) is 36.8 Å². The number of urea groups is 1. The maximum absolute atomic E-state index is 13.6. The number of nitrogens with zero attached hydrogens (tertiary/aromatic N) is 2. The summed E-state index contributed by atoms with van der Waals surface area (Å²) in [5, 5.41) is 2.98. The van der Waals surface area contributed by atoms with Crippen molar-refractivity contribution in [2.45, 2.75) is 24.3 Å².